The molecule has 1 aromatic carbocycles. The zero-order chi connectivity index (χ0) is 21.5. The lowest BCUT2D eigenvalue weighted by Gasteiger charge is -2.18. The Balaban J connectivity index is 1.74. The van der Waals surface area contributed by atoms with Gasteiger partial charge in [-0.25, -0.2) is 24.9 Å². The number of nitrogens with one attached hydrogen (secondary N) is 1. The summed E-state index contributed by atoms with van der Waals surface area (Å²) in [7, 11) is 0. The molecule has 0 aliphatic rings. The van der Waals surface area contributed by atoms with Crippen LogP contribution in [0.4, 0.5) is 20.4 Å². The zero-order valence-corrected chi connectivity index (χ0v) is 18.2. The van der Waals surface area contributed by atoms with Gasteiger partial charge in [0.2, 0.25) is 0 Å². The van der Waals surface area contributed by atoms with Crippen molar-refractivity contribution in [3.05, 3.63) is 53.6 Å². The van der Waals surface area contributed by atoms with Crippen LogP contribution in [0.2, 0.25) is 5.02 Å². The molecule has 0 saturated heterocycles. The molecule has 3 aromatic heterocycles. The molecule has 0 radical (unpaired) electrons. The minimum Gasteiger partial charge on any atom is -0.384 e. The molecule has 0 saturated carbocycles. The summed E-state index contributed by atoms with van der Waals surface area (Å²) in [4.78, 5) is 20.5. The third-order valence-electron chi connectivity index (χ3n) is 4.21. The molecule has 3 heterocycles. The van der Waals surface area contributed by atoms with Crippen molar-refractivity contribution in [1.82, 2.24) is 34.7 Å². The maximum absolute atomic E-state index is 14.1. The van der Waals surface area contributed by atoms with Gasteiger partial charge in [0, 0.05) is 39.1 Å². The van der Waals surface area contributed by atoms with Crippen molar-refractivity contribution >= 4 is 56.7 Å². The van der Waals surface area contributed by atoms with Gasteiger partial charge in [-0.3, -0.25) is 0 Å². The fraction of sp³-hybridized carbons (Fsp3) is 0.176. The zero-order valence-electron chi connectivity index (χ0n) is 15.3. The minimum absolute atomic E-state index is 0.105. The number of anilines is 2. The van der Waals surface area contributed by atoms with Crippen LogP contribution >= 0.6 is 34.2 Å². The molecule has 4 rings (SSSR count). The van der Waals surface area contributed by atoms with Crippen molar-refractivity contribution in [3.63, 3.8) is 0 Å². The standard InChI is InChI=1S/C17H13ClF2IN9/c1-8(16-27-7-28-30(16)13-4-12(22)23-5-24-13)29-15-10-2-9(18)3-11(17(19,20)21)14(10)25-6-26-15/h2-8H,1H3,(H2,22,23,24)(H,25,26,29)/t8-/m0/s1. The number of aromatic nitrogens is 7. The Bertz CT molecular complexity index is 1230. The fourth-order valence-electron chi connectivity index (χ4n) is 2.93. The third kappa shape index (κ3) is 3.96. The molecule has 154 valence electrons. The number of hydrogen-bond acceptors (Lipinski definition) is 8. The van der Waals surface area contributed by atoms with Crippen LogP contribution in [0.15, 0.2) is 37.2 Å². The number of hydrogen-bond donors (Lipinski definition) is 2. The van der Waals surface area contributed by atoms with Gasteiger partial charge in [0.05, 0.1) is 17.1 Å². The van der Waals surface area contributed by atoms with Gasteiger partial charge in [-0.1, -0.05) is 11.6 Å². The monoisotopic (exact) mass is 543 g/mol. The molecular weight excluding hydrogens is 531 g/mol. The molecule has 3 N–H and O–H groups in total. The molecule has 0 amide bonds. The first-order valence-corrected chi connectivity index (χ1v) is 9.95. The van der Waals surface area contributed by atoms with E-state index in [-0.39, 0.29) is 21.9 Å². The molecule has 0 bridgehead atoms. The number of nitrogen functional groups attached to an aromatic ring is 1. The summed E-state index contributed by atoms with van der Waals surface area (Å²) in [6.45, 7) is 1.82. The third-order valence-corrected chi connectivity index (χ3v) is 5.01. The Morgan fingerprint density at radius 3 is 2.60 bits per heavy atom. The maximum atomic E-state index is 14.1. The van der Waals surface area contributed by atoms with Crippen molar-refractivity contribution < 1.29 is 8.78 Å². The van der Waals surface area contributed by atoms with Crippen LogP contribution in [-0.4, -0.2) is 34.7 Å². The van der Waals surface area contributed by atoms with Gasteiger partial charge in [0.25, 0.3) is 0 Å². The summed E-state index contributed by atoms with van der Waals surface area (Å²) in [6, 6.07) is 3.86. The lowest BCUT2D eigenvalue weighted by atomic mass is 10.1. The van der Waals surface area contributed by atoms with E-state index in [0.29, 0.717) is 22.8 Å². The normalized spacial score (nSPS) is 12.8. The van der Waals surface area contributed by atoms with Crippen LogP contribution in [0.5, 0.6) is 0 Å². The molecule has 1 atom stereocenters. The molecule has 0 aliphatic carbocycles. The Kier molecular flexibility index (Phi) is 5.36. The van der Waals surface area contributed by atoms with Gasteiger partial charge >= 0.3 is 3.93 Å². The topological polar surface area (TPSA) is 120 Å². The van der Waals surface area contributed by atoms with E-state index < -0.39 is 9.97 Å². The summed E-state index contributed by atoms with van der Waals surface area (Å²) in [5.41, 5.74) is 5.54. The van der Waals surface area contributed by atoms with Gasteiger partial charge in [0.1, 0.15) is 30.6 Å². The largest absolute Gasteiger partial charge is 0.384 e. The van der Waals surface area contributed by atoms with E-state index in [1.807, 2.05) is 6.92 Å². The highest BCUT2D eigenvalue weighted by Gasteiger charge is 2.31. The summed E-state index contributed by atoms with van der Waals surface area (Å²) < 4.78 is 26.5. The lowest BCUT2D eigenvalue weighted by Crippen LogP contribution is -2.16. The molecule has 4 aromatic rings. The van der Waals surface area contributed by atoms with E-state index in [2.05, 4.69) is 35.3 Å². The van der Waals surface area contributed by atoms with E-state index in [1.165, 1.54) is 35.8 Å². The fourth-order valence-corrected chi connectivity index (χ4v) is 3.56. The summed E-state index contributed by atoms with van der Waals surface area (Å²) >= 11 is 7.14. The quantitative estimate of drug-likeness (QED) is 0.287. The molecule has 0 spiro atoms. The highest BCUT2D eigenvalue weighted by Crippen LogP contribution is 2.41. The van der Waals surface area contributed by atoms with Crippen LogP contribution in [-0.2, 0) is 3.93 Å². The number of alkyl halides is 3. The lowest BCUT2D eigenvalue weighted by molar-refractivity contribution is 0.129. The predicted molar refractivity (Wildman–Crippen MR) is 116 cm³/mol. The number of nitrogens with zero attached hydrogens (tertiary/aromatic N) is 7. The number of fused-ring (bicyclic) bond motifs is 1. The minimum atomic E-state index is -3.15. The Morgan fingerprint density at radius 1 is 1.10 bits per heavy atom. The number of rotatable bonds is 5. The van der Waals surface area contributed by atoms with Crippen molar-refractivity contribution in [3.8, 4) is 5.82 Å². The smallest absolute Gasteiger partial charge is 0.323 e. The average molecular weight is 544 g/mol. The molecule has 0 unspecified atom stereocenters. The first-order valence-electron chi connectivity index (χ1n) is 8.50. The Labute approximate surface area is 187 Å². The van der Waals surface area contributed by atoms with E-state index >= 15 is 0 Å². The summed E-state index contributed by atoms with van der Waals surface area (Å²) in [5, 5.41) is 7.86. The number of nitrogens with two attached hydrogens (primary N) is 1. The van der Waals surface area contributed by atoms with Gasteiger partial charge in [-0.15, -0.1) is 0 Å². The van der Waals surface area contributed by atoms with Crippen molar-refractivity contribution in [2.45, 2.75) is 16.9 Å². The van der Waals surface area contributed by atoms with Crippen LogP contribution < -0.4 is 11.1 Å². The maximum Gasteiger partial charge on any atom is 0.323 e. The second-order valence-electron chi connectivity index (χ2n) is 6.27. The molecule has 30 heavy (non-hydrogen) atoms. The van der Waals surface area contributed by atoms with Crippen LogP contribution in [0.3, 0.4) is 0 Å². The highest BCUT2D eigenvalue weighted by atomic mass is 127. The Hall–Kier alpha value is -2.74. The van der Waals surface area contributed by atoms with Crippen LogP contribution in [0.1, 0.15) is 24.4 Å². The van der Waals surface area contributed by atoms with E-state index in [0.717, 1.165) is 22.6 Å². The first-order chi connectivity index (χ1) is 14.2. The SMILES string of the molecule is C[C@H](Nc1ncnc2c(C(F)(F)I)cc(Cl)cc12)c1ncnn1-c1cc(N)ncn1. The van der Waals surface area contributed by atoms with E-state index in [1.54, 1.807) is 6.07 Å². The highest BCUT2D eigenvalue weighted by molar-refractivity contribution is 14.1. The molecule has 0 aliphatic heterocycles. The Morgan fingerprint density at radius 2 is 1.87 bits per heavy atom. The van der Waals surface area contributed by atoms with Gasteiger partial charge < -0.3 is 11.1 Å². The van der Waals surface area contributed by atoms with Gasteiger partial charge in [-0.2, -0.15) is 18.6 Å². The van der Waals surface area contributed by atoms with Crippen LogP contribution in [0.25, 0.3) is 16.7 Å². The van der Waals surface area contributed by atoms with E-state index in [9.17, 15) is 8.78 Å². The van der Waals surface area contributed by atoms with E-state index in [4.69, 9.17) is 17.3 Å². The predicted octanol–water partition coefficient (Wildman–Crippen LogP) is 3.89. The molecular formula is C17H13ClF2IN9. The average Bonchev–Trinajstić information content (AvgIpc) is 3.17. The summed E-state index contributed by atoms with van der Waals surface area (Å²) in [6.07, 6.45) is 3.91. The van der Waals surface area contributed by atoms with Crippen molar-refractivity contribution in [1.29, 1.82) is 0 Å². The second-order valence-corrected chi connectivity index (χ2v) is 8.06. The van der Waals surface area contributed by atoms with Crippen molar-refractivity contribution in [2.75, 3.05) is 11.1 Å². The van der Waals surface area contributed by atoms with Gasteiger partial charge in [0.15, 0.2) is 11.6 Å². The summed E-state index contributed by atoms with van der Waals surface area (Å²) in [5.74, 6) is 1.55. The van der Waals surface area contributed by atoms with Gasteiger partial charge in [-0.05, 0) is 19.1 Å². The van der Waals surface area contributed by atoms with Crippen molar-refractivity contribution in [2.24, 2.45) is 0 Å². The second kappa shape index (κ2) is 7.83. The molecule has 0 fully saturated rings. The number of halogens is 4. The van der Waals surface area contributed by atoms with Crippen LogP contribution in [0, 0.1) is 0 Å². The molecule has 9 nitrogen and oxygen atoms in total. The molecule has 13 heteroatoms. The number of benzene rings is 1. The first kappa shape index (κ1) is 20.5.